The van der Waals surface area contributed by atoms with Gasteiger partial charge in [-0.1, -0.05) is 12.1 Å². The van der Waals surface area contributed by atoms with Crippen LogP contribution in [0.15, 0.2) is 59.5 Å². The summed E-state index contributed by atoms with van der Waals surface area (Å²) in [5, 5.41) is 9.31. The molecule has 1 aromatic heterocycles. The fourth-order valence-electron chi connectivity index (χ4n) is 2.30. The van der Waals surface area contributed by atoms with Gasteiger partial charge in [0.05, 0.1) is 10.6 Å². The van der Waals surface area contributed by atoms with Gasteiger partial charge in [0, 0.05) is 9.75 Å². The molecule has 0 aliphatic carbocycles. The molecule has 0 unspecified atom stereocenters. The lowest BCUT2D eigenvalue weighted by atomic mass is 10.1. The molecule has 2 aromatic carbocycles. The molecule has 24 heavy (non-hydrogen) atoms. The van der Waals surface area contributed by atoms with Crippen LogP contribution in [0.1, 0.15) is 10.4 Å². The van der Waals surface area contributed by atoms with Crippen LogP contribution >= 0.6 is 11.3 Å². The summed E-state index contributed by atoms with van der Waals surface area (Å²) in [7, 11) is -3.70. The van der Waals surface area contributed by atoms with Crippen molar-refractivity contribution in [2.75, 3.05) is 4.72 Å². The highest BCUT2D eigenvalue weighted by molar-refractivity contribution is 7.92. The number of anilines is 1. The van der Waals surface area contributed by atoms with Gasteiger partial charge >= 0.3 is 0 Å². The Morgan fingerprint density at radius 2 is 1.67 bits per heavy atom. The second-order valence-corrected chi connectivity index (χ2v) is 8.51. The highest BCUT2D eigenvalue weighted by Gasteiger charge is 2.16. The first-order valence-electron chi connectivity index (χ1n) is 7.34. The van der Waals surface area contributed by atoms with Crippen molar-refractivity contribution in [3.05, 3.63) is 65.0 Å². The molecule has 0 aliphatic heterocycles. The molecular formula is C18H17NO3S2. The molecule has 124 valence electrons. The normalized spacial score (nSPS) is 11.4. The van der Waals surface area contributed by atoms with E-state index in [-0.39, 0.29) is 10.6 Å². The standard InChI is InChI=1S/C18H17NO3S2/c1-12-3-5-14(18-10-4-13(2)23-18)11-17(12)19-24(21,22)16-8-6-15(20)7-9-16/h3-11,19-20H,1-2H3. The van der Waals surface area contributed by atoms with Crippen LogP contribution in [0.5, 0.6) is 5.75 Å². The minimum atomic E-state index is -3.70. The topological polar surface area (TPSA) is 66.4 Å². The summed E-state index contributed by atoms with van der Waals surface area (Å²) >= 11 is 1.67. The molecule has 2 N–H and O–H groups in total. The Balaban J connectivity index is 1.96. The highest BCUT2D eigenvalue weighted by Crippen LogP contribution is 2.31. The Morgan fingerprint density at radius 1 is 0.958 bits per heavy atom. The molecule has 0 amide bonds. The van der Waals surface area contributed by atoms with Gasteiger partial charge in [-0.2, -0.15) is 0 Å². The summed E-state index contributed by atoms with van der Waals surface area (Å²) in [5.41, 5.74) is 2.36. The summed E-state index contributed by atoms with van der Waals surface area (Å²) in [6.07, 6.45) is 0. The minimum absolute atomic E-state index is 0.0280. The van der Waals surface area contributed by atoms with Gasteiger partial charge in [0.1, 0.15) is 5.75 Å². The molecule has 0 atom stereocenters. The summed E-state index contributed by atoms with van der Waals surface area (Å²) < 4.78 is 27.7. The van der Waals surface area contributed by atoms with E-state index in [0.29, 0.717) is 5.69 Å². The number of rotatable bonds is 4. The monoisotopic (exact) mass is 359 g/mol. The van der Waals surface area contributed by atoms with E-state index in [0.717, 1.165) is 16.0 Å². The third-order valence-corrected chi connectivity index (χ3v) is 6.08. The Labute approximate surface area is 145 Å². The van der Waals surface area contributed by atoms with E-state index in [1.165, 1.54) is 29.1 Å². The minimum Gasteiger partial charge on any atom is -0.508 e. The molecule has 0 bridgehead atoms. The number of aryl methyl sites for hydroxylation is 2. The average Bonchev–Trinajstić information content (AvgIpc) is 2.96. The highest BCUT2D eigenvalue weighted by atomic mass is 32.2. The van der Waals surface area contributed by atoms with Crippen LogP contribution < -0.4 is 4.72 Å². The summed E-state index contributed by atoms with van der Waals surface area (Å²) in [6.45, 7) is 3.90. The van der Waals surface area contributed by atoms with Crippen molar-refractivity contribution < 1.29 is 13.5 Å². The van der Waals surface area contributed by atoms with E-state index in [1.807, 2.05) is 44.2 Å². The number of hydrogen-bond acceptors (Lipinski definition) is 4. The second kappa shape index (κ2) is 6.30. The molecular weight excluding hydrogens is 342 g/mol. The molecule has 4 nitrogen and oxygen atoms in total. The average molecular weight is 359 g/mol. The van der Waals surface area contributed by atoms with Crippen molar-refractivity contribution in [3.8, 4) is 16.2 Å². The summed E-state index contributed by atoms with van der Waals surface area (Å²) in [6, 6.07) is 15.3. The molecule has 0 saturated carbocycles. The molecule has 0 saturated heterocycles. The second-order valence-electron chi connectivity index (χ2n) is 5.54. The predicted octanol–water partition coefficient (Wildman–Crippen LogP) is 4.54. The van der Waals surface area contributed by atoms with E-state index < -0.39 is 10.0 Å². The number of phenolic OH excluding ortho intramolecular Hbond substituents is 1. The maximum absolute atomic E-state index is 12.5. The van der Waals surface area contributed by atoms with E-state index in [2.05, 4.69) is 4.72 Å². The quantitative estimate of drug-likeness (QED) is 0.719. The van der Waals surface area contributed by atoms with Crippen molar-refractivity contribution in [1.82, 2.24) is 0 Å². The van der Waals surface area contributed by atoms with Gasteiger partial charge < -0.3 is 5.11 Å². The van der Waals surface area contributed by atoms with Crippen molar-refractivity contribution in [2.24, 2.45) is 0 Å². The number of phenols is 1. The zero-order valence-electron chi connectivity index (χ0n) is 13.3. The van der Waals surface area contributed by atoms with Gasteiger partial charge in [0.2, 0.25) is 0 Å². The van der Waals surface area contributed by atoms with Crippen molar-refractivity contribution >= 4 is 27.0 Å². The number of thiophene rings is 1. The fraction of sp³-hybridized carbons (Fsp3) is 0.111. The number of nitrogens with one attached hydrogen (secondary N) is 1. The lowest BCUT2D eigenvalue weighted by molar-refractivity contribution is 0.475. The van der Waals surface area contributed by atoms with Crippen LogP contribution in [0.3, 0.4) is 0 Å². The third kappa shape index (κ3) is 3.44. The lowest BCUT2D eigenvalue weighted by Crippen LogP contribution is -2.13. The summed E-state index contributed by atoms with van der Waals surface area (Å²) in [5.74, 6) is 0.0280. The van der Waals surface area contributed by atoms with Crippen molar-refractivity contribution in [2.45, 2.75) is 18.7 Å². The largest absolute Gasteiger partial charge is 0.508 e. The van der Waals surface area contributed by atoms with Crippen LogP contribution in [-0.4, -0.2) is 13.5 Å². The van der Waals surface area contributed by atoms with Crippen molar-refractivity contribution in [3.63, 3.8) is 0 Å². The maximum Gasteiger partial charge on any atom is 0.261 e. The molecule has 3 aromatic rings. The van der Waals surface area contributed by atoms with Crippen LogP contribution in [0.4, 0.5) is 5.69 Å². The summed E-state index contributed by atoms with van der Waals surface area (Å²) in [4.78, 5) is 2.41. The van der Waals surface area contributed by atoms with Gasteiger partial charge in [-0.15, -0.1) is 11.3 Å². The molecule has 3 rings (SSSR count). The first kappa shape index (κ1) is 16.5. The molecule has 0 aliphatic rings. The number of aromatic hydroxyl groups is 1. The predicted molar refractivity (Wildman–Crippen MR) is 98.1 cm³/mol. The van der Waals surface area contributed by atoms with E-state index >= 15 is 0 Å². The molecule has 1 heterocycles. The fourth-order valence-corrected chi connectivity index (χ4v) is 4.29. The third-order valence-electron chi connectivity index (χ3n) is 3.65. The van der Waals surface area contributed by atoms with Gasteiger partial charge in [-0.05, 0) is 67.4 Å². The number of sulfonamides is 1. The Morgan fingerprint density at radius 3 is 2.29 bits per heavy atom. The maximum atomic E-state index is 12.5. The molecule has 0 spiro atoms. The van der Waals surface area contributed by atoms with Gasteiger partial charge in [0.25, 0.3) is 10.0 Å². The van der Waals surface area contributed by atoms with Crippen LogP contribution in [0.25, 0.3) is 10.4 Å². The first-order chi connectivity index (χ1) is 11.3. The molecule has 6 heteroatoms. The smallest absolute Gasteiger partial charge is 0.261 e. The van der Waals surface area contributed by atoms with Crippen LogP contribution in [0, 0.1) is 13.8 Å². The SMILES string of the molecule is Cc1ccc(-c2ccc(C)c(NS(=O)(=O)c3ccc(O)cc3)c2)s1. The molecule has 0 fully saturated rings. The zero-order chi connectivity index (χ0) is 17.3. The zero-order valence-corrected chi connectivity index (χ0v) is 14.9. The number of hydrogen-bond donors (Lipinski definition) is 2. The van der Waals surface area contributed by atoms with Gasteiger partial charge in [-0.3, -0.25) is 4.72 Å². The first-order valence-corrected chi connectivity index (χ1v) is 9.64. The van der Waals surface area contributed by atoms with Crippen LogP contribution in [0.2, 0.25) is 0 Å². The number of benzene rings is 2. The van der Waals surface area contributed by atoms with E-state index in [9.17, 15) is 13.5 Å². The Bertz CT molecular complexity index is 974. The van der Waals surface area contributed by atoms with Gasteiger partial charge in [0.15, 0.2) is 0 Å². The van der Waals surface area contributed by atoms with Crippen molar-refractivity contribution in [1.29, 1.82) is 0 Å². The Hall–Kier alpha value is -2.31. The lowest BCUT2D eigenvalue weighted by Gasteiger charge is -2.12. The van der Waals surface area contributed by atoms with E-state index in [4.69, 9.17) is 0 Å². The van der Waals surface area contributed by atoms with Crippen LogP contribution in [-0.2, 0) is 10.0 Å². The van der Waals surface area contributed by atoms with E-state index in [1.54, 1.807) is 11.3 Å². The Kier molecular flexibility index (Phi) is 4.34. The van der Waals surface area contributed by atoms with Gasteiger partial charge in [-0.25, -0.2) is 8.42 Å². The molecule has 0 radical (unpaired) electrons.